The number of hydrogen-bond acceptors (Lipinski definition) is 4. The van der Waals surface area contributed by atoms with Crippen LogP contribution >= 0.6 is 23.2 Å². The van der Waals surface area contributed by atoms with E-state index in [0.29, 0.717) is 45.3 Å². The van der Waals surface area contributed by atoms with E-state index in [1.807, 2.05) is 11.0 Å². The summed E-state index contributed by atoms with van der Waals surface area (Å²) in [5, 5.41) is 11.3. The zero-order valence-corrected chi connectivity index (χ0v) is 21.4. The highest BCUT2D eigenvalue weighted by Crippen LogP contribution is 2.36. The molecule has 0 aliphatic carbocycles. The molecule has 6 nitrogen and oxygen atoms in total. The molecule has 2 heterocycles. The number of aromatic amines is 1. The van der Waals surface area contributed by atoms with Crippen molar-refractivity contribution in [2.45, 2.75) is 24.7 Å². The molecule has 4 aromatic rings. The van der Waals surface area contributed by atoms with Crippen molar-refractivity contribution in [2.24, 2.45) is 0 Å². The van der Waals surface area contributed by atoms with Crippen LogP contribution in [0.25, 0.3) is 11.0 Å². The maximum Gasteiger partial charge on any atom is 0.419 e. The van der Waals surface area contributed by atoms with Gasteiger partial charge in [-0.25, -0.2) is 4.39 Å². The Labute approximate surface area is 225 Å². The van der Waals surface area contributed by atoms with Crippen molar-refractivity contribution in [2.75, 3.05) is 20.1 Å². The predicted molar refractivity (Wildman–Crippen MR) is 136 cm³/mol. The molecule has 12 heteroatoms. The van der Waals surface area contributed by atoms with E-state index in [1.165, 1.54) is 6.07 Å². The number of halogens is 6. The summed E-state index contributed by atoms with van der Waals surface area (Å²) in [6.07, 6.45) is -4.77. The molecule has 1 saturated heterocycles. The highest BCUT2D eigenvalue weighted by atomic mass is 35.5. The second kappa shape index (κ2) is 10.2. The second-order valence-electron chi connectivity index (χ2n) is 9.31. The number of nitrogens with zero attached hydrogens (tertiary/aromatic N) is 4. The van der Waals surface area contributed by atoms with Crippen molar-refractivity contribution in [3.05, 3.63) is 92.7 Å². The normalized spacial score (nSPS) is 18.1. The number of fused-ring (bicyclic) bond motifs is 1. The lowest BCUT2D eigenvalue weighted by Gasteiger charge is -2.29. The number of likely N-dealkylation sites (tertiary alicyclic amines) is 1. The van der Waals surface area contributed by atoms with Gasteiger partial charge in [-0.15, -0.1) is 0 Å². The molecule has 0 bridgehead atoms. The number of aromatic nitrogens is 3. The Bertz CT molecular complexity index is 1510. The van der Waals surface area contributed by atoms with E-state index < -0.39 is 17.6 Å². The van der Waals surface area contributed by atoms with E-state index in [9.17, 15) is 22.4 Å². The van der Waals surface area contributed by atoms with Crippen LogP contribution in [0.2, 0.25) is 10.0 Å². The summed E-state index contributed by atoms with van der Waals surface area (Å²) in [6, 6.07) is 13.0. The van der Waals surface area contributed by atoms with E-state index in [0.717, 1.165) is 17.7 Å². The summed E-state index contributed by atoms with van der Waals surface area (Å²) >= 11 is 12.4. The molecule has 5 rings (SSSR count). The Hall–Kier alpha value is -3.21. The highest BCUT2D eigenvalue weighted by Gasteiger charge is 2.39. The van der Waals surface area contributed by atoms with E-state index >= 15 is 0 Å². The van der Waals surface area contributed by atoms with E-state index in [-0.39, 0.29) is 24.4 Å². The van der Waals surface area contributed by atoms with E-state index in [1.54, 1.807) is 42.3 Å². The average Bonchev–Trinajstić information content (AvgIpc) is 3.51. The van der Waals surface area contributed by atoms with Crippen molar-refractivity contribution < 1.29 is 22.4 Å². The minimum atomic E-state index is -4.77. The molecule has 0 saturated carbocycles. The highest BCUT2D eigenvalue weighted by molar-refractivity contribution is 6.42. The fourth-order valence-electron chi connectivity index (χ4n) is 4.92. The summed E-state index contributed by atoms with van der Waals surface area (Å²) in [5.41, 5.74) is 1.59. The molecule has 1 N–H and O–H groups in total. The first-order chi connectivity index (χ1) is 18.0. The minimum absolute atomic E-state index is 0.171. The standard InChI is InChI=1S/C26H21Cl2F4N5O/c1-36(11-14-2-5-18(21(29)8-14)26(30,31)32)24-13-37(12-17(24)15-3-6-19(27)20(28)9-15)25(38)16-4-7-22-23(10-16)34-35-33-22/h2-10,17,24H,11-13H2,1H3,(H,33,34,35). The van der Waals surface area contributed by atoms with Crippen LogP contribution < -0.4 is 0 Å². The van der Waals surface area contributed by atoms with Crippen LogP contribution in [0.5, 0.6) is 0 Å². The van der Waals surface area contributed by atoms with Crippen LogP contribution in [-0.2, 0) is 12.7 Å². The quantitative estimate of drug-likeness (QED) is 0.294. The topological polar surface area (TPSA) is 65.1 Å². The van der Waals surface area contributed by atoms with Gasteiger partial charge in [0.25, 0.3) is 5.91 Å². The van der Waals surface area contributed by atoms with Crippen LogP contribution in [-0.4, -0.2) is 57.3 Å². The van der Waals surface area contributed by atoms with Crippen LogP contribution in [0.3, 0.4) is 0 Å². The van der Waals surface area contributed by atoms with Gasteiger partial charge in [-0.05, 0) is 60.6 Å². The molecule has 198 valence electrons. The van der Waals surface area contributed by atoms with Gasteiger partial charge < -0.3 is 4.90 Å². The molecule has 3 aromatic carbocycles. The average molecular weight is 566 g/mol. The molecule has 1 amide bonds. The third-order valence-electron chi connectivity index (χ3n) is 6.85. The molecular formula is C26H21Cl2F4N5O. The number of carbonyl (C=O) groups excluding carboxylic acids is 1. The number of H-pyrrole nitrogens is 1. The Kier molecular flexibility index (Phi) is 7.06. The SMILES string of the molecule is CN(Cc1ccc(C(F)(F)F)c(F)c1)C1CN(C(=O)c2ccc3n[nH]nc3c2)CC1c1ccc(Cl)c(Cl)c1. The Morgan fingerprint density at radius 1 is 1.03 bits per heavy atom. The number of nitrogens with one attached hydrogen (secondary N) is 1. The van der Waals surface area contributed by atoms with Crippen molar-refractivity contribution in [3.63, 3.8) is 0 Å². The number of carbonyl (C=O) groups is 1. The maximum absolute atomic E-state index is 14.2. The van der Waals surface area contributed by atoms with Gasteiger partial charge in [-0.1, -0.05) is 35.3 Å². The van der Waals surface area contributed by atoms with Crippen molar-refractivity contribution in [1.82, 2.24) is 25.2 Å². The maximum atomic E-state index is 14.2. The molecular weight excluding hydrogens is 545 g/mol. The minimum Gasteiger partial charge on any atom is -0.336 e. The Morgan fingerprint density at radius 2 is 1.79 bits per heavy atom. The number of likely N-dealkylation sites (N-methyl/N-ethyl adjacent to an activating group) is 1. The number of rotatable bonds is 5. The van der Waals surface area contributed by atoms with Crippen LogP contribution in [0.4, 0.5) is 17.6 Å². The van der Waals surface area contributed by atoms with Gasteiger partial charge in [-0.3, -0.25) is 9.69 Å². The fourth-order valence-corrected chi connectivity index (χ4v) is 5.22. The monoisotopic (exact) mass is 565 g/mol. The summed E-state index contributed by atoms with van der Waals surface area (Å²) in [7, 11) is 1.79. The lowest BCUT2D eigenvalue weighted by atomic mass is 9.93. The molecule has 1 fully saturated rings. The Morgan fingerprint density at radius 3 is 2.50 bits per heavy atom. The van der Waals surface area contributed by atoms with Gasteiger partial charge in [0.2, 0.25) is 0 Å². The second-order valence-corrected chi connectivity index (χ2v) is 10.1. The zero-order chi connectivity index (χ0) is 27.2. The van der Waals surface area contributed by atoms with Crippen molar-refractivity contribution in [1.29, 1.82) is 0 Å². The molecule has 1 aliphatic heterocycles. The number of alkyl halides is 3. The largest absolute Gasteiger partial charge is 0.419 e. The van der Waals surface area contributed by atoms with Gasteiger partial charge in [0.15, 0.2) is 0 Å². The predicted octanol–water partition coefficient (Wildman–Crippen LogP) is 6.16. The first kappa shape index (κ1) is 26.4. The van der Waals surface area contributed by atoms with Crippen molar-refractivity contribution in [3.8, 4) is 0 Å². The summed E-state index contributed by atoms with van der Waals surface area (Å²) in [6.45, 7) is 0.870. The summed E-state index contributed by atoms with van der Waals surface area (Å²) in [5.74, 6) is -1.71. The van der Waals surface area contributed by atoms with Gasteiger partial charge in [0, 0.05) is 37.2 Å². The first-order valence-corrected chi connectivity index (χ1v) is 12.4. The van der Waals surface area contributed by atoms with Crippen molar-refractivity contribution >= 4 is 40.1 Å². The molecule has 0 spiro atoms. The third kappa shape index (κ3) is 5.21. The van der Waals surface area contributed by atoms with Gasteiger partial charge in [0.1, 0.15) is 16.9 Å². The summed E-state index contributed by atoms with van der Waals surface area (Å²) < 4.78 is 53.2. The molecule has 2 unspecified atom stereocenters. The van der Waals surface area contributed by atoms with E-state index in [4.69, 9.17) is 23.2 Å². The first-order valence-electron chi connectivity index (χ1n) is 11.6. The molecule has 1 aromatic heterocycles. The third-order valence-corrected chi connectivity index (χ3v) is 7.59. The zero-order valence-electron chi connectivity index (χ0n) is 19.9. The Balaban J connectivity index is 1.42. The molecule has 1 aliphatic rings. The molecule has 38 heavy (non-hydrogen) atoms. The van der Waals surface area contributed by atoms with Gasteiger partial charge >= 0.3 is 6.18 Å². The molecule has 2 atom stereocenters. The lowest BCUT2D eigenvalue weighted by Crippen LogP contribution is -2.38. The van der Waals surface area contributed by atoms with E-state index in [2.05, 4.69) is 15.4 Å². The van der Waals surface area contributed by atoms with Gasteiger partial charge in [0.05, 0.1) is 15.6 Å². The van der Waals surface area contributed by atoms with Crippen LogP contribution in [0.1, 0.15) is 33.0 Å². The smallest absolute Gasteiger partial charge is 0.336 e. The van der Waals surface area contributed by atoms with Crippen LogP contribution in [0, 0.1) is 5.82 Å². The van der Waals surface area contributed by atoms with Crippen LogP contribution in [0.15, 0.2) is 54.6 Å². The lowest BCUT2D eigenvalue weighted by molar-refractivity contribution is -0.140. The molecule has 0 radical (unpaired) electrons. The number of benzene rings is 3. The number of hydrogen-bond donors (Lipinski definition) is 1. The number of amides is 1. The summed E-state index contributed by atoms with van der Waals surface area (Å²) in [4.78, 5) is 17.1. The van der Waals surface area contributed by atoms with Gasteiger partial charge in [-0.2, -0.15) is 28.6 Å². The fraction of sp³-hybridized carbons (Fsp3) is 0.269.